The summed E-state index contributed by atoms with van der Waals surface area (Å²) in [6, 6.07) is 12.1. The summed E-state index contributed by atoms with van der Waals surface area (Å²) in [6.07, 6.45) is 5.44. The van der Waals surface area contributed by atoms with Crippen LogP contribution in [0.2, 0.25) is 0 Å². The van der Waals surface area contributed by atoms with Gasteiger partial charge in [0.1, 0.15) is 5.82 Å². The van der Waals surface area contributed by atoms with Crippen molar-refractivity contribution in [3.8, 4) is 11.1 Å². The fourth-order valence-electron chi connectivity index (χ4n) is 3.28. The Hall–Kier alpha value is -2.53. The Balaban J connectivity index is 1.77. The van der Waals surface area contributed by atoms with Crippen molar-refractivity contribution in [2.24, 2.45) is 0 Å². The van der Waals surface area contributed by atoms with Crippen molar-refractivity contribution in [2.75, 3.05) is 0 Å². The van der Waals surface area contributed by atoms with E-state index in [0.29, 0.717) is 12.1 Å². The number of carbonyl (C=O) groups is 1. The zero-order valence-corrected chi connectivity index (χ0v) is 18.0. The monoisotopic (exact) mass is 437 g/mol. The van der Waals surface area contributed by atoms with Gasteiger partial charge in [0, 0.05) is 34.5 Å². The van der Waals surface area contributed by atoms with E-state index in [1.54, 1.807) is 12.4 Å². The summed E-state index contributed by atoms with van der Waals surface area (Å²) in [6.45, 7) is 6.61. The molecule has 0 saturated heterocycles. The number of hydrogen-bond donors (Lipinski definition) is 1. The van der Waals surface area contributed by atoms with E-state index in [-0.39, 0.29) is 5.91 Å². The number of aromatic nitrogens is 2. The van der Waals surface area contributed by atoms with E-state index < -0.39 is 0 Å². The summed E-state index contributed by atoms with van der Waals surface area (Å²) < 4.78 is 1.08. The highest BCUT2D eigenvalue weighted by atomic mass is 79.9. The Bertz CT molecular complexity index is 966. The van der Waals surface area contributed by atoms with Gasteiger partial charge in [0.25, 0.3) is 5.91 Å². The van der Waals surface area contributed by atoms with Crippen molar-refractivity contribution >= 4 is 21.8 Å². The molecule has 0 aliphatic heterocycles. The third-order valence-corrected chi connectivity index (χ3v) is 5.24. The number of nitrogens with one attached hydrogen (secondary N) is 1. The van der Waals surface area contributed by atoms with Gasteiger partial charge in [-0.15, -0.1) is 0 Å². The summed E-state index contributed by atoms with van der Waals surface area (Å²) in [5.41, 5.74) is 6.58. The summed E-state index contributed by atoms with van der Waals surface area (Å²) in [7, 11) is 0. The quantitative estimate of drug-likeness (QED) is 0.571. The molecule has 0 atom stereocenters. The van der Waals surface area contributed by atoms with Crippen LogP contribution in [0.3, 0.4) is 0 Å². The first kappa shape index (κ1) is 20.2. The smallest absolute Gasteiger partial charge is 0.251 e. The van der Waals surface area contributed by atoms with Gasteiger partial charge in [-0.3, -0.25) is 4.79 Å². The molecule has 0 radical (unpaired) electrons. The second-order valence-electron chi connectivity index (χ2n) is 6.70. The van der Waals surface area contributed by atoms with E-state index in [0.717, 1.165) is 34.3 Å². The lowest BCUT2D eigenvalue weighted by Gasteiger charge is -2.14. The summed E-state index contributed by atoms with van der Waals surface area (Å²) in [5, 5.41) is 2.92. The van der Waals surface area contributed by atoms with Crippen molar-refractivity contribution in [1.29, 1.82) is 0 Å². The molecule has 144 valence electrons. The lowest BCUT2D eigenvalue weighted by molar-refractivity contribution is 0.0951. The molecule has 1 aromatic heterocycles. The van der Waals surface area contributed by atoms with Gasteiger partial charge in [-0.1, -0.05) is 41.9 Å². The first-order valence-corrected chi connectivity index (χ1v) is 10.3. The van der Waals surface area contributed by atoms with E-state index >= 15 is 0 Å². The molecule has 1 heterocycles. The molecule has 4 nitrogen and oxygen atoms in total. The molecule has 0 unspecified atom stereocenters. The van der Waals surface area contributed by atoms with Crippen LogP contribution in [0.1, 0.15) is 46.7 Å². The average Bonchev–Trinajstić information content (AvgIpc) is 2.72. The molecule has 3 rings (SSSR count). The molecule has 0 aliphatic carbocycles. The van der Waals surface area contributed by atoms with Crippen LogP contribution in [-0.4, -0.2) is 15.9 Å². The lowest BCUT2D eigenvalue weighted by atomic mass is 9.92. The Kier molecular flexibility index (Phi) is 6.57. The lowest BCUT2D eigenvalue weighted by Crippen LogP contribution is -2.22. The van der Waals surface area contributed by atoms with Gasteiger partial charge in [0.05, 0.1) is 0 Å². The predicted octanol–water partition coefficient (Wildman–Crippen LogP) is 5.27. The number of carbonyl (C=O) groups excluding carboxylic acids is 1. The number of nitrogens with zero attached hydrogens (tertiary/aromatic N) is 2. The van der Waals surface area contributed by atoms with Crippen molar-refractivity contribution in [1.82, 2.24) is 15.3 Å². The fourth-order valence-corrected chi connectivity index (χ4v) is 3.79. The zero-order chi connectivity index (χ0) is 20.1. The van der Waals surface area contributed by atoms with Crippen LogP contribution in [0.5, 0.6) is 0 Å². The number of halogens is 1. The van der Waals surface area contributed by atoms with Gasteiger partial charge in [-0.2, -0.15) is 0 Å². The summed E-state index contributed by atoms with van der Waals surface area (Å²) in [4.78, 5) is 20.7. The maximum Gasteiger partial charge on any atom is 0.251 e. The van der Waals surface area contributed by atoms with Crippen LogP contribution in [-0.2, 0) is 19.4 Å². The van der Waals surface area contributed by atoms with Gasteiger partial charge in [-0.05, 0) is 66.3 Å². The zero-order valence-electron chi connectivity index (χ0n) is 16.4. The molecule has 0 spiro atoms. The highest BCUT2D eigenvalue weighted by Crippen LogP contribution is 2.31. The second kappa shape index (κ2) is 9.11. The van der Waals surface area contributed by atoms with Crippen LogP contribution >= 0.6 is 15.9 Å². The van der Waals surface area contributed by atoms with E-state index in [4.69, 9.17) is 0 Å². The van der Waals surface area contributed by atoms with Gasteiger partial charge < -0.3 is 5.32 Å². The maximum absolute atomic E-state index is 12.5. The molecule has 1 amide bonds. The Morgan fingerprint density at radius 3 is 2.32 bits per heavy atom. The topological polar surface area (TPSA) is 54.9 Å². The number of rotatable bonds is 6. The molecule has 3 aromatic rings. The molecular formula is C23H24BrN3O. The van der Waals surface area contributed by atoms with Gasteiger partial charge >= 0.3 is 0 Å². The third-order valence-electron chi connectivity index (χ3n) is 4.79. The Morgan fingerprint density at radius 2 is 1.71 bits per heavy atom. The van der Waals surface area contributed by atoms with Crippen LogP contribution < -0.4 is 5.32 Å². The molecule has 0 saturated carbocycles. The van der Waals surface area contributed by atoms with E-state index in [1.807, 2.05) is 31.2 Å². The fraction of sp³-hybridized carbons (Fsp3) is 0.261. The normalized spacial score (nSPS) is 10.7. The molecule has 2 aromatic carbocycles. The van der Waals surface area contributed by atoms with Crippen molar-refractivity contribution in [2.45, 2.75) is 40.2 Å². The Morgan fingerprint density at radius 1 is 1.04 bits per heavy atom. The third kappa shape index (κ3) is 4.65. The van der Waals surface area contributed by atoms with Gasteiger partial charge in [-0.25, -0.2) is 9.97 Å². The minimum Gasteiger partial charge on any atom is -0.348 e. The van der Waals surface area contributed by atoms with Crippen LogP contribution in [0, 0.1) is 6.92 Å². The highest BCUT2D eigenvalue weighted by Gasteiger charge is 2.11. The van der Waals surface area contributed by atoms with Crippen LogP contribution in [0.4, 0.5) is 0 Å². The molecule has 5 heteroatoms. The van der Waals surface area contributed by atoms with Gasteiger partial charge in [0.2, 0.25) is 0 Å². The Labute approximate surface area is 174 Å². The predicted molar refractivity (Wildman–Crippen MR) is 116 cm³/mol. The molecule has 0 fully saturated rings. The van der Waals surface area contributed by atoms with E-state index in [9.17, 15) is 4.79 Å². The summed E-state index contributed by atoms with van der Waals surface area (Å²) >= 11 is 3.62. The maximum atomic E-state index is 12.5. The first-order valence-electron chi connectivity index (χ1n) is 9.49. The number of amides is 1. The SMILES string of the molecule is CCc1cc(Br)cc(-c2ccc(C(=O)NCc3cnc(C)nc3)cc2)c1CC. The second-order valence-corrected chi connectivity index (χ2v) is 7.61. The number of hydrogen-bond acceptors (Lipinski definition) is 3. The number of aryl methyl sites for hydroxylation is 2. The van der Waals surface area contributed by atoms with E-state index in [1.165, 1.54) is 16.7 Å². The summed E-state index contributed by atoms with van der Waals surface area (Å²) in [5.74, 6) is 0.613. The van der Waals surface area contributed by atoms with Crippen molar-refractivity contribution in [3.63, 3.8) is 0 Å². The largest absolute Gasteiger partial charge is 0.348 e. The van der Waals surface area contributed by atoms with Crippen LogP contribution in [0.15, 0.2) is 53.3 Å². The average molecular weight is 438 g/mol. The first-order chi connectivity index (χ1) is 13.5. The molecule has 0 aliphatic rings. The highest BCUT2D eigenvalue weighted by molar-refractivity contribution is 9.10. The van der Waals surface area contributed by atoms with E-state index in [2.05, 4.69) is 57.2 Å². The number of benzene rings is 2. The minimum absolute atomic E-state index is 0.105. The van der Waals surface area contributed by atoms with Gasteiger partial charge in [0.15, 0.2) is 0 Å². The molecular weight excluding hydrogens is 414 g/mol. The van der Waals surface area contributed by atoms with Crippen LogP contribution in [0.25, 0.3) is 11.1 Å². The minimum atomic E-state index is -0.105. The molecule has 28 heavy (non-hydrogen) atoms. The standard InChI is InChI=1S/C23H24BrN3O/c1-4-17-10-20(24)11-22(21(17)5-2)18-6-8-19(9-7-18)23(28)27-14-16-12-25-15(3)26-13-16/h6-13H,4-5,14H2,1-3H3,(H,27,28). The van der Waals surface area contributed by atoms with Crippen molar-refractivity contribution < 1.29 is 4.79 Å². The molecule has 1 N–H and O–H groups in total. The van der Waals surface area contributed by atoms with Crippen molar-refractivity contribution in [3.05, 3.63) is 81.3 Å². The molecule has 0 bridgehead atoms.